The van der Waals surface area contributed by atoms with E-state index in [-0.39, 0.29) is 19.1 Å². The van der Waals surface area contributed by atoms with Gasteiger partial charge in [-0.25, -0.2) is 15.1 Å². The van der Waals surface area contributed by atoms with Crippen LogP contribution in [0.15, 0.2) is 54.6 Å². The molecule has 0 radical (unpaired) electrons. The average molecular weight is 497 g/mol. The molecule has 0 unspecified atom stereocenters. The second kappa shape index (κ2) is 13.8. The minimum atomic E-state index is -0.930. The number of ether oxygens (including phenoxy) is 1. The Morgan fingerprint density at radius 1 is 0.972 bits per heavy atom. The molecule has 0 heterocycles. The Morgan fingerprint density at radius 2 is 1.72 bits per heavy atom. The van der Waals surface area contributed by atoms with Gasteiger partial charge in [0.25, 0.3) is 5.91 Å². The summed E-state index contributed by atoms with van der Waals surface area (Å²) in [6.45, 7) is 2.16. The monoisotopic (exact) mass is 496 g/mol. The van der Waals surface area contributed by atoms with Crippen LogP contribution in [0.2, 0.25) is 0 Å². The third kappa shape index (κ3) is 8.70. The summed E-state index contributed by atoms with van der Waals surface area (Å²) in [7, 11) is 0. The highest BCUT2D eigenvalue weighted by atomic mass is 16.6. The predicted octanol–water partition coefficient (Wildman–Crippen LogP) is 3.11. The minimum Gasteiger partial charge on any atom is -0.461 e. The van der Waals surface area contributed by atoms with Crippen LogP contribution in [0, 0.1) is 0 Å². The Labute approximate surface area is 210 Å². The van der Waals surface area contributed by atoms with Crippen LogP contribution in [0.3, 0.4) is 0 Å². The molecule has 1 aliphatic rings. The van der Waals surface area contributed by atoms with Gasteiger partial charge in [-0.1, -0.05) is 42.5 Å². The maximum Gasteiger partial charge on any atom is 0.333 e. The van der Waals surface area contributed by atoms with E-state index in [0.717, 1.165) is 25.7 Å². The van der Waals surface area contributed by atoms with E-state index >= 15 is 0 Å². The molecule has 1 fully saturated rings. The fraction of sp³-hybridized carbons (Fsp3) is 0.385. The molecule has 1 atom stereocenters. The maximum absolute atomic E-state index is 12.9. The average Bonchev–Trinajstić information content (AvgIpc) is 3.38. The largest absolute Gasteiger partial charge is 0.461 e. The molecule has 0 aromatic heterocycles. The van der Waals surface area contributed by atoms with Gasteiger partial charge in [0.1, 0.15) is 12.5 Å². The zero-order valence-corrected chi connectivity index (χ0v) is 20.3. The summed E-state index contributed by atoms with van der Waals surface area (Å²) in [5.41, 5.74) is 3.99. The fourth-order valence-electron chi connectivity index (χ4n) is 3.83. The van der Waals surface area contributed by atoms with E-state index < -0.39 is 29.9 Å². The molecule has 0 aliphatic heterocycles. The number of hydrogen-bond donors (Lipinski definition) is 4. The van der Waals surface area contributed by atoms with Crippen molar-refractivity contribution in [2.45, 2.75) is 57.7 Å². The van der Waals surface area contributed by atoms with Crippen molar-refractivity contribution in [3.8, 4) is 0 Å². The molecule has 4 amide bonds. The standard InChI is InChI=1S/C26H32N4O6/c1-2-35-30-23(32)16-22(31)28-20-12-8-9-18(15-20)17-27-26(34)29-24(19-10-4-3-5-11-19)25(33)36-21-13-6-7-14-21/h3-5,8-12,15,21,24H,2,6-7,13-14,16-17H2,1H3,(H,28,31)(H,30,32)(H2,27,29,34)/t24-/m0/s1. The summed E-state index contributed by atoms with van der Waals surface area (Å²) in [5.74, 6) is -1.54. The molecule has 3 rings (SSSR count). The molecular weight excluding hydrogens is 464 g/mol. The third-order valence-electron chi connectivity index (χ3n) is 5.54. The predicted molar refractivity (Wildman–Crippen MR) is 132 cm³/mol. The van der Waals surface area contributed by atoms with E-state index in [1.54, 1.807) is 55.5 Å². The van der Waals surface area contributed by atoms with E-state index in [2.05, 4.69) is 21.4 Å². The highest BCUT2D eigenvalue weighted by molar-refractivity contribution is 6.03. The minimum absolute atomic E-state index is 0.114. The molecule has 0 bridgehead atoms. The normalized spacial score (nSPS) is 13.9. The lowest BCUT2D eigenvalue weighted by Crippen LogP contribution is -2.41. The van der Waals surface area contributed by atoms with Crippen molar-refractivity contribution in [1.82, 2.24) is 16.1 Å². The molecule has 2 aromatic rings. The first-order valence-corrected chi connectivity index (χ1v) is 12.0. The van der Waals surface area contributed by atoms with Gasteiger partial charge in [0.2, 0.25) is 5.91 Å². The van der Waals surface area contributed by atoms with E-state index in [9.17, 15) is 19.2 Å². The number of urea groups is 1. The van der Waals surface area contributed by atoms with Crippen molar-refractivity contribution in [3.63, 3.8) is 0 Å². The summed E-state index contributed by atoms with van der Waals surface area (Å²) in [6.07, 6.45) is 3.23. The van der Waals surface area contributed by atoms with E-state index in [1.807, 2.05) is 6.07 Å². The third-order valence-corrected chi connectivity index (χ3v) is 5.54. The van der Waals surface area contributed by atoms with Crippen LogP contribution in [-0.4, -0.2) is 36.5 Å². The molecule has 10 nitrogen and oxygen atoms in total. The highest BCUT2D eigenvalue weighted by Gasteiger charge is 2.28. The zero-order chi connectivity index (χ0) is 25.8. The zero-order valence-electron chi connectivity index (χ0n) is 20.3. The van der Waals surface area contributed by atoms with Gasteiger partial charge in [-0.3, -0.25) is 14.4 Å². The second-order valence-electron chi connectivity index (χ2n) is 8.40. The van der Waals surface area contributed by atoms with Gasteiger partial charge < -0.3 is 20.7 Å². The van der Waals surface area contributed by atoms with Crippen molar-refractivity contribution in [3.05, 3.63) is 65.7 Å². The summed E-state index contributed by atoms with van der Waals surface area (Å²) in [6, 6.07) is 14.3. The van der Waals surface area contributed by atoms with Crippen LogP contribution in [0.25, 0.3) is 0 Å². The van der Waals surface area contributed by atoms with Crippen LogP contribution >= 0.6 is 0 Å². The van der Waals surface area contributed by atoms with E-state index in [4.69, 9.17) is 9.57 Å². The number of anilines is 1. The van der Waals surface area contributed by atoms with Gasteiger partial charge in [-0.05, 0) is 55.9 Å². The SMILES string of the molecule is CCONC(=O)CC(=O)Nc1cccc(CNC(=O)N[C@H](C(=O)OC2CCCC2)c2ccccc2)c1. The molecule has 192 valence electrons. The first-order chi connectivity index (χ1) is 17.4. The number of carbonyl (C=O) groups is 4. The summed E-state index contributed by atoms with van der Waals surface area (Å²) < 4.78 is 5.64. The Hall–Kier alpha value is -3.92. The molecular formula is C26H32N4O6. The number of nitrogens with one attached hydrogen (secondary N) is 4. The molecule has 10 heteroatoms. The number of rotatable bonds is 11. The molecule has 1 aliphatic carbocycles. The number of amides is 4. The number of esters is 1. The van der Waals surface area contributed by atoms with Gasteiger partial charge in [0.15, 0.2) is 6.04 Å². The van der Waals surface area contributed by atoms with Crippen molar-refractivity contribution in [1.29, 1.82) is 0 Å². The van der Waals surface area contributed by atoms with Crippen LogP contribution in [0.5, 0.6) is 0 Å². The van der Waals surface area contributed by atoms with E-state index in [0.29, 0.717) is 23.4 Å². The Morgan fingerprint density at radius 3 is 2.44 bits per heavy atom. The number of hydroxylamine groups is 1. The van der Waals surface area contributed by atoms with Crippen molar-refractivity contribution in [2.75, 3.05) is 11.9 Å². The fourth-order valence-corrected chi connectivity index (χ4v) is 3.83. The highest BCUT2D eigenvalue weighted by Crippen LogP contribution is 2.24. The van der Waals surface area contributed by atoms with Crippen molar-refractivity contribution >= 4 is 29.5 Å². The van der Waals surface area contributed by atoms with Crippen LogP contribution in [0.4, 0.5) is 10.5 Å². The maximum atomic E-state index is 12.9. The van der Waals surface area contributed by atoms with Gasteiger partial charge in [-0.15, -0.1) is 0 Å². The summed E-state index contributed by atoms with van der Waals surface area (Å²) in [5, 5.41) is 8.08. The van der Waals surface area contributed by atoms with Gasteiger partial charge in [0, 0.05) is 12.2 Å². The molecule has 36 heavy (non-hydrogen) atoms. The van der Waals surface area contributed by atoms with Gasteiger partial charge in [0.05, 0.1) is 6.61 Å². The topological polar surface area (TPSA) is 135 Å². The molecule has 4 N–H and O–H groups in total. The Kier molecular flexibility index (Phi) is 10.3. The second-order valence-corrected chi connectivity index (χ2v) is 8.40. The lowest BCUT2D eigenvalue weighted by atomic mass is 10.1. The summed E-state index contributed by atoms with van der Waals surface area (Å²) in [4.78, 5) is 53.9. The Bertz CT molecular complexity index is 1040. The summed E-state index contributed by atoms with van der Waals surface area (Å²) >= 11 is 0. The van der Waals surface area contributed by atoms with Crippen molar-refractivity contribution < 1.29 is 28.8 Å². The van der Waals surface area contributed by atoms with Crippen molar-refractivity contribution in [2.24, 2.45) is 0 Å². The number of hydrogen-bond acceptors (Lipinski definition) is 6. The van der Waals surface area contributed by atoms with Crippen LogP contribution in [0.1, 0.15) is 56.2 Å². The molecule has 0 spiro atoms. The van der Waals surface area contributed by atoms with Crippen LogP contribution < -0.4 is 21.4 Å². The number of carbonyl (C=O) groups excluding carboxylic acids is 4. The number of benzene rings is 2. The van der Waals surface area contributed by atoms with Gasteiger partial charge in [-0.2, -0.15) is 0 Å². The lowest BCUT2D eigenvalue weighted by molar-refractivity contribution is -0.151. The van der Waals surface area contributed by atoms with Gasteiger partial charge >= 0.3 is 12.0 Å². The van der Waals surface area contributed by atoms with E-state index in [1.165, 1.54) is 0 Å². The first-order valence-electron chi connectivity index (χ1n) is 12.0. The first kappa shape index (κ1) is 26.7. The smallest absolute Gasteiger partial charge is 0.333 e. The Balaban J connectivity index is 1.54. The molecule has 1 saturated carbocycles. The molecule has 0 saturated heterocycles. The molecule has 2 aromatic carbocycles. The quantitative estimate of drug-likeness (QED) is 0.215. The van der Waals surface area contributed by atoms with Crippen LogP contribution in [-0.2, 0) is 30.5 Å². The lowest BCUT2D eigenvalue weighted by Gasteiger charge is -2.21.